The Balaban J connectivity index is 0.000000429. The maximum Gasteiger partial charge on any atom is 0.204 e. The van der Waals surface area contributed by atoms with Gasteiger partial charge in [-0.1, -0.05) is 82.7 Å². The van der Waals surface area contributed by atoms with Gasteiger partial charge in [-0.3, -0.25) is 4.79 Å². The van der Waals surface area contributed by atoms with Gasteiger partial charge in [0.2, 0.25) is 11.6 Å². The Labute approximate surface area is 176 Å². The van der Waals surface area contributed by atoms with Crippen molar-refractivity contribution >= 4 is 6.29 Å². The van der Waals surface area contributed by atoms with E-state index in [1.807, 2.05) is 39.1 Å². The van der Waals surface area contributed by atoms with Crippen molar-refractivity contribution in [1.82, 2.24) is 5.32 Å². The number of nitrogens with one attached hydrogen (secondary N) is 1. The van der Waals surface area contributed by atoms with Gasteiger partial charge in [0.25, 0.3) is 0 Å². The van der Waals surface area contributed by atoms with Crippen LogP contribution in [0.4, 0.5) is 17.6 Å². The predicted octanol–water partition coefficient (Wildman–Crippen LogP) is 6.53. The Hall–Kier alpha value is -2.41. The van der Waals surface area contributed by atoms with Crippen LogP contribution < -0.4 is 5.32 Å². The lowest BCUT2D eigenvalue weighted by molar-refractivity contribution is 0.111. The number of aromatic hydroxyl groups is 1. The van der Waals surface area contributed by atoms with E-state index in [9.17, 15) is 22.4 Å². The molecule has 2 aromatic carbocycles. The first-order chi connectivity index (χ1) is 14.4. The molecule has 0 amide bonds. The highest BCUT2D eigenvalue weighted by atomic mass is 19.2. The molecule has 2 aromatic rings. The molecule has 3 nitrogen and oxygen atoms in total. The second kappa shape index (κ2) is 16.4. The molecule has 0 bridgehead atoms. The molecule has 1 aliphatic rings. The lowest BCUT2D eigenvalue weighted by atomic mass is 10.0. The van der Waals surface area contributed by atoms with Crippen LogP contribution in [0.25, 0.3) is 0 Å². The number of aldehydes is 1. The number of phenolic OH excluding ortho intramolecular Hbond substituents is 1. The average molecular weight is 429 g/mol. The molecule has 168 valence electrons. The van der Waals surface area contributed by atoms with E-state index in [1.54, 1.807) is 0 Å². The average Bonchev–Trinajstić information content (AvgIpc) is 2.81. The molecule has 3 rings (SSSR count). The summed E-state index contributed by atoms with van der Waals surface area (Å²) >= 11 is 0. The van der Waals surface area contributed by atoms with Crippen molar-refractivity contribution < 1.29 is 27.5 Å². The zero-order chi connectivity index (χ0) is 22.9. The quantitative estimate of drug-likeness (QED) is 0.331. The lowest BCUT2D eigenvalue weighted by Crippen LogP contribution is -2.04. The molecule has 0 heterocycles. The van der Waals surface area contributed by atoms with Crippen LogP contribution in [0.15, 0.2) is 30.3 Å². The smallest absolute Gasteiger partial charge is 0.204 e. The molecule has 0 aromatic heterocycles. The number of halogens is 4. The van der Waals surface area contributed by atoms with E-state index in [4.69, 9.17) is 5.11 Å². The van der Waals surface area contributed by atoms with Gasteiger partial charge in [0.15, 0.2) is 23.7 Å². The predicted molar refractivity (Wildman–Crippen MR) is 112 cm³/mol. The van der Waals surface area contributed by atoms with Crippen molar-refractivity contribution in [2.24, 2.45) is 0 Å². The lowest BCUT2D eigenvalue weighted by Gasteiger charge is -2.05. The van der Waals surface area contributed by atoms with Gasteiger partial charge in [0.05, 0.1) is 5.56 Å². The van der Waals surface area contributed by atoms with Crippen LogP contribution in [0, 0.1) is 23.3 Å². The largest absolute Gasteiger partial charge is 0.503 e. The zero-order valence-electron chi connectivity index (χ0n) is 17.8. The molecule has 7 heteroatoms. The number of hydrogen-bond donors (Lipinski definition) is 2. The van der Waals surface area contributed by atoms with E-state index >= 15 is 0 Å². The summed E-state index contributed by atoms with van der Waals surface area (Å²) in [5.41, 5.74) is -0.0483. The van der Waals surface area contributed by atoms with Crippen LogP contribution in [-0.4, -0.2) is 18.4 Å². The maximum atomic E-state index is 12.5. The van der Waals surface area contributed by atoms with Crippen LogP contribution in [0.3, 0.4) is 0 Å². The van der Waals surface area contributed by atoms with Gasteiger partial charge >= 0.3 is 0 Å². The first kappa shape index (κ1) is 27.6. The summed E-state index contributed by atoms with van der Waals surface area (Å²) in [5.74, 6) is -9.57. The van der Waals surface area contributed by atoms with Crippen molar-refractivity contribution in [3.63, 3.8) is 0 Å². The van der Waals surface area contributed by atoms with E-state index in [0.29, 0.717) is 0 Å². The van der Waals surface area contributed by atoms with Crippen molar-refractivity contribution in [1.29, 1.82) is 0 Å². The third kappa shape index (κ3) is 9.39. The molecule has 0 aliphatic heterocycles. The first-order valence-corrected chi connectivity index (χ1v) is 10.1. The summed E-state index contributed by atoms with van der Waals surface area (Å²) in [6.07, 6.45) is 8.62. The highest BCUT2D eigenvalue weighted by Crippen LogP contribution is 2.27. The van der Waals surface area contributed by atoms with E-state index in [1.165, 1.54) is 44.1 Å². The molecule has 1 aliphatic carbocycles. The van der Waals surface area contributed by atoms with Gasteiger partial charge in [-0.25, -0.2) is 8.78 Å². The topological polar surface area (TPSA) is 49.3 Å². The molecule has 0 spiro atoms. The number of carbonyl (C=O) groups is 1. The second-order valence-electron chi connectivity index (χ2n) is 6.27. The van der Waals surface area contributed by atoms with Crippen LogP contribution in [0.5, 0.6) is 5.75 Å². The molecule has 0 atom stereocenters. The summed E-state index contributed by atoms with van der Waals surface area (Å²) in [4.78, 5) is 9.97. The summed E-state index contributed by atoms with van der Waals surface area (Å²) in [7, 11) is 1.95. The van der Waals surface area contributed by atoms with E-state index < -0.39 is 34.6 Å². The summed E-state index contributed by atoms with van der Waals surface area (Å²) in [5, 5.41) is 11.5. The minimum atomic E-state index is -1.99. The third-order valence-corrected chi connectivity index (χ3v) is 4.12. The molecular formula is C23H31F4NO2. The van der Waals surface area contributed by atoms with Gasteiger partial charge < -0.3 is 10.4 Å². The van der Waals surface area contributed by atoms with Crippen molar-refractivity contribution in [3.05, 3.63) is 64.7 Å². The van der Waals surface area contributed by atoms with Crippen molar-refractivity contribution in [3.8, 4) is 5.75 Å². The second-order valence-corrected chi connectivity index (χ2v) is 6.27. The maximum absolute atomic E-state index is 12.5. The number of phenols is 1. The van der Waals surface area contributed by atoms with E-state index in [2.05, 4.69) is 17.4 Å². The van der Waals surface area contributed by atoms with Crippen LogP contribution in [0.2, 0.25) is 0 Å². The van der Waals surface area contributed by atoms with Crippen LogP contribution >= 0.6 is 0 Å². The van der Waals surface area contributed by atoms with Crippen LogP contribution in [-0.2, 0) is 6.54 Å². The molecule has 1 saturated carbocycles. The molecular weight excluding hydrogens is 398 g/mol. The highest BCUT2D eigenvalue weighted by molar-refractivity contribution is 5.76. The molecule has 2 N–H and O–H groups in total. The van der Waals surface area contributed by atoms with E-state index in [-0.39, 0.29) is 6.29 Å². The van der Waals surface area contributed by atoms with Gasteiger partial charge in [0, 0.05) is 6.54 Å². The Bertz CT molecular complexity index is 695. The summed E-state index contributed by atoms with van der Waals surface area (Å²) in [6.45, 7) is 4.96. The standard InChI is InChI=1S/C8H11N.C7H2F4O2.C6H12.C2H6/c1-9-7-8-5-3-2-4-6-8;8-3-2(1-12)4(9)6(11)7(13)5(3)10;1-2-4-6-5-3-1;1-2/h2-6,9H,7H2,1H3;1,13H;1-6H2;1-2H3. The first-order valence-electron chi connectivity index (χ1n) is 10.1. The fourth-order valence-electron chi connectivity index (χ4n) is 2.60. The third-order valence-electron chi connectivity index (χ3n) is 4.12. The number of carbonyl (C=O) groups excluding carboxylic acids is 1. The fraction of sp³-hybridized carbons (Fsp3) is 0.435. The highest BCUT2D eigenvalue weighted by Gasteiger charge is 2.24. The Morgan fingerprint density at radius 1 is 0.833 bits per heavy atom. The molecule has 30 heavy (non-hydrogen) atoms. The van der Waals surface area contributed by atoms with Gasteiger partial charge in [-0.2, -0.15) is 8.78 Å². The minimum absolute atomic E-state index is 0.379. The van der Waals surface area contributed by atoms with Gasteiger partial charge in [-0.15, -0.1) is 0 Å². The Morgan fingerprint density at radius 3 is 1.57 bits per heavy atom. The summed E-state index contributed by atoms with van der Waals surface area (Å²) < 4.78 is 49.9. The minimum Gasteiger partial charge on any atom is -0.503 e. The Morgan fingerprint density at radius 2 is 1.23 bits per heavy atom. The fourth-order valence-corrected chi connectivity index (χ4v) is 2.60. The number of rotatable bonds is 3. The summed E-state index contributed by atoms with van der Waals surface area (Å²) in [6, 6.07) is 10.3. The molecule has 0 saturated heterocycles. The van der Waals surface area contributed by atoms with Crippen LogP contribution in [0.1, 0.15) is 68.3 Å². The number of benzene rings is 2. The van der Waals surface area contributed by atoms with Gasteiger partial charge in [0.1, 0.15) is 0 Å². The molecule has 1 fully saturated rings. The Kier molecular flexibility index (Phi) is 15.1. The normalized spacial score (nSPS) is 12.2. The molecule has 0 radical (unpaired) electrons. The van der Waals surface area contributed by atoms with Gasteiger partial charge in [-0.05, 0) is 12.6 Å². The SMILES string of the molecule is C1CCCCC1.CC.CNCc1ccccc1.O=Cc1c(F)c(F)c(O)c(F)c1F. The molecule has 0 unspecified atom stereocenters. The van der Waals surface area contributed by atoms with Crippen molar-refractivity contribution in [2.45, 2.75) is 58.9 Å². The van der Waals surface area contributed by atoms with Crippen molar-refractivity contribution in [2.75, 3.05) is 7.05 Å². The monoisotopic (exact) mass is 429 g/mol. The number of hydrogen-bond acceptors (Lipinski definition) is 3. The van der Waals surface area contributed by atoms with E-state index in [0.717, 1.165) is 6.54 Å². The zero-order valence-corrected chi connectivity index (χ0v) is 17.8.